The maximum absolute atomic E-state index is 13.1. The molecule has 1 fully saturated rings. The fourth-order valence-corrected chi connectivity index (χ4v) is 4.16. The van der Waals surface area contributed by atoms with Crippen molar-refractivity contribution in [3.8, 4) is 0 Å². The van der Waals surface area contributed by atoms with Gasteiger partial charge in [-0.3, -0.25) is 9.59 Å². The molecule has 1 saturated carbocycles. The van der Waals surface area contributed by atoms with Crippen LogP contribution in [0, 0.1) is 0 Å². The zero-order chi connectivity index (χ0) is 22.0. The normalized spacial score (nSPS) is 19.7. The summed E-state index contributed by atoms with van der Waals surface area (Å²) in [6.45, 7) is 1.46. The number of benzene rings is 1. The first kappa shape index (κ1) is 21.3. The van der Waals surface area contributed by atoms with E-state index in [9.17, 15) is 14.7 Å². The number of aromatic nitrogens is 3. The second kappa shape index (κ2) is 9.03. The number of ketones is 1. The number of halogens is 1. The number of H-pyrrole nitrogens is 1. The molecule has 0 spiro atoms. The summed E-state index contributed by atoms with van der Waals surface area (Å²) in [6.07, 6.45) is 5.33. The highest BCUT2D eigenvalue weighted by Crippen LogP contribution is 2.30. The number of carbonyl (C=O) groups is 2. The summed E-state index contributed by atoms with van der Waals surface area (Å²) in [4.78, 5) is 36.5. The zero-order valence-corrected chi connectivity index (χ0v) is 17.8. The lowest BCUT2D eigenvalue weighted by Gasteiger charge is -2.30. The molecule has 2 heterocycles. The Balaban J connectivity index is 1.52. The average Bonchev–Trinajstić information content (AvgIpc) is 3.20. The minimum Gasteiger partial charge on any atom is -0.384 e. The van der Waals surface area contributed by atoms with Gasteiger partial charge in [-0.2, -0.15) is 0 Å². The predicted molar refractivity (Wildman–Crippen MR) is 118 cm³/mol. The predicted octanol–water partition coefficient (Wildman–Crippen LogP) is 3.06. The van der Waals surface area contributed by atoms with Gasteiger partial charge in [-0.05, 0) is 44.7 Å². The third kappa shape index (κ3) is 4.55. The Morgan fingerprint density at radius 2 is 1.84 bits per heavy atom. The largest absolute Gasteiger partial charge is 0.384 e. The Morgan fingerprint density at radius 3 is 2.55 bits per heavy atom. The van der Waals surface area contributed by atoms with Crippen molar-refractivity contribution in [3.05, 3.63) is 52.9 Å². The van der Waals surface area contributed by atoms with Crippen molar-refractivity contribution in [2.45, 2.75) is 50.8 Å². The van der Waals surface area contributed by atoms with Gasteiger partial charge < -0.3 is 20.7 Å². The second-order valence-corrected chi connectivity index (χ2v) is 8.24. The Morgan fingerprint density at radius 1 is 1.13 bits per heavy atom. The lowest BCUT2D eigenvalue weighted by molar-refractivity contribution is -0.129. The van der Waals surface area contributed by atoms with E-state index in [4.69, 9.17) is 11.6 Å². The average molecular weight is 442 g/mol. The second-order valence-electron chi connectivity index (χ2n) is 7.83. The van der Waals surface area contributed by atoms with Crippen LogP contribution in [-0.2, 0) is 4.79 Å². The van der Waals surface area contributed by atoms with Gasteiger partial charge in [0.05, 0.1) is 16.0 Å². The van der Waals surface area contributed by atoms with E-state index in [1.54, 1.807) is 30.5 Å². The van der Waals surface area contributed by atoms with Crippen LogP contribution in [0.2, 0.25) is 5.02 Å². The summed E-state index contributed by atoms with van der Waals surface area (Å²) in [6, 6.07) is 7.14. The molecule has 4 N–H and O–H groups in total. The van der Waals surface area contributed by atoms with Crippen LogP contribution >= 0.6 is 11.6 Å². The van der Waals surface area contributed by atoms with E-state index >= 15 is 0 Å². The molecule has 1 aliphatic carbocycles. The molecular weight excluding hydrogens is 418 g/mol. The molecule has 3 aromatic rings. The number of hydrogen-bond acceptors (Lipinski definition) is 6. The van der Waals surface area contributed by atoms with Crippen LogP contribution < -0.4 is 10.6 Å². The summed E-state index contributed by atoms with van der Waals surface area (Å²) < 4.78 is 0. The lowest BCUT2D eigenvalue weighted by Crippen LogP contribution is -2.43. The number of nitrogens with zero attached hydrogens (tertiary/aromatic N) is 2. The number of hydrogen-bond donors (Lipinski definition) is 4. The number of aliphatic hydroxyl groups excluding tert-OH is 1. The van der Waals surface area contributed by atoms with Gasteiger partial charge in [-0.25, -0.2) is 9.97 Å². The van der Waals surface area contributed by atoms with Crippen molar-refractivity contribution in [2.24, 2.45) is 0 Å². The third-order valence-electron chi connectivity index (χ3n) is 5.63. The molecule has 1 unspecified atom stereocenters. The van der Waals surface area contributed by atoms with Gasteiger partial charge >= 0.3 is 0 Å². The van der Waals surface area contributed by atoms with E-state index in [-0.39, 0.29) is 23.8 Å². The van der Waals surface area contributed by atoms with Gasteiger partial charge in [0, 0.05) is 23.8 Å². The topological polar surface area (TPSA) is 120 Å². The first-order valence-corrected chi connectivity index (χ1v) is 10.7. The van der Waals surface area contributed by atoms with E-state index in [0.29, 0.717) is 33.0 Å². The molecule has 0 aliphatic heterocycles. The van der Waals surface area contributed by atoms with E-state index < -0.39 is 6.10 Å². The number of amides is 1. The molecule has 0 saturated heterocycles. The van der Waals surface area contributed by atoms with E-state index in [1.165, 1.54) is 13.3 Å². The minimum absolute atomic E-state index is 0.0511. The van der Waals surface area contributed by atoms with Gasteiger partial charge in [0.15, 0.2) is 5.78 Å². The molecule has 1 atom stereocenters. The van der Waals surface area contributed by atoms with Crippen LogP contribution in [0.3, 0.4) is 0 Å². The van der Waals surface area contributed by atoms with Gasteiger partial charge in [-0.1, -0.05) is 23.7 Å². The molecule has 4 rings (SSSR count). The molecule has 0 bridgehead atoms. The van der Waals surface area contributed by atoms with Crippen LogP contribution in [0.15, 0.2) is 36.8 Å². The highest BCUT2D eigenvalue weighted by Gasteiger charge is 2.26. The summed E-state index contributed by atoms with van der Waals surface area (Å²) >= 11 is 6.23. The molecular formula is C22H24ClN5O3. The molecule has 162 valence electrons. The zero-order valence-electron chi connectivity index (χ0n) is 17.1. The van der Waals surface area contributed by atoms with Crippen molar-refractivity contribution in [3.63, 3.8) is 0 Å². The van der Waals surface area contributed by atoms with Crippen LogP contribution in [-0.4, -0.2) is 49.9 Å². The molecule has 2 aromatic heterocycles. The van der Waals surface area contributed by atoms with E-state index in [0.717, 1.165) is 25.7 Å². The Kier molecular flexibility index (Phi) is 6.20. The minimum atomic E-state index is -1.01. The number of aromatic amines is 1. The van der Waals surface area contributed by atoms with Crippen LogP contribution in [0.4, 0.5) is 5.82 Å². The highest BCUT2D eigenvalue weighted by molar-refractivity contribution is 6.35. The molecule has 9 heteroatoms. The van der Waals surface area contributed by atoms with Gasteiger partial charge in [0.25, 0.3) is 0 Å². The van der Waals surface area contributed by atoms with Gasteiger partial charge in [0.1, 0.15) is 23.9 Å². The number of carbonyl (C=O) groups excluding carboxylic acids is 2. The van der Waals surface area contributed by atoms with Crippen molar-refractivity contribution in [1.82, 2.24) is 20.3 Å². The maximum atomic E-state index is 13.1. The quantitative estimate of drug-likeness (QED) is 0.436. The number of aliphatic hydroxyl groups is 1. The number of anilines is 1. The first-order chi connectivity index (χ1) is 14.9. The molecule has 1 aromatic carbocycles. The Bertz CT molecular complexity index is 1110. The highest BCUT2D eigenvalue weighted by atomic mass is 35.5. The van der Waals surface area contributed by atoms with Crippen molar-refractivity contribution in [2.75, 3.05) is 5.32 Å². The Hall–Kier alpha value is -2.97. The summed E-state index contributed by atoms with van der Waals surface area (Å²) in [5.41, 5.74) is 1.46. The fourth-order valence-electron chi connectivity index (χ4n) is 3.94. The Labute approximate surface area is 184 Å². The molecule has 31 heavy (non-hydrogen) atoms. The summed E-state index contributed by atoms with van der Waals surface area (Å²) in [5.74, 6) is 0.0568. The van der Waals surface area contributed by atoms with Crippen LogP contribution in [0.1, 0.15) is 48.5 Å². The van der Waals surface area contributed by atoms with E-state index in [2.05, 4.69) is 25.6 Å². The van der Waals surface area contributed by atoms with Crippen molar-refractivity contribution < 1.29 is 14.7 Å². The number of nitrogens with one attached hydrogen (secondary N) is 3. The van der Waals surface area contributed by atoms with Crippen LogP contribution in [0.5, 0.6) is 0 Å². The SMILES string of the molecule is CC(O)C(=O)NC1CCC(Nc2ncnc3[nH]cc(C(=O)c4ccccc4Cl)c23)CC1. The van der Waals surface area contributed by atoms with Crippen molar-refractivity contribution in [1.29, 1.82) is 0 Å². The fraction of sp³-hybridized carbons (Fsp3) is 0.364. The van der Waals surface area contributed by atoms with E-state index in [1.807, 2.05) is 0 Å². The van der Waals surface area contributed by atoms with Crippen molar-refractivity contribution >= 4 is 40.1 Å². The molecule has 1 amide bonds. The molecule has 1 aliphatic rings. The number of rotatable bonds is 6. The molecule has 8 nitrogen and oxygen atoms in total. The van der Waals surface area contributed by atoms with Crippen LogP contribution in [0.25, 0.3) is 11.0 Å². The first-order valence-electron chi connectivity index (χ1n) is 10.3. The standard InChI is InChI=1S/C22H24ClN5O3/c1-12(29)22(31)28-14-8-6-13(7-9-14)27-21-18-16(10-24-20(18)25-11-26-21)19(30)15-4-2-3-5-17(15)23/h2-5,10-14,29H,6-9H2,1H3,(H,28,31)(H2,24,25,26,27). The molecule has 0 radical (unpaired) electrons. The maximum Gasteiger partial charge on any atom is 0.248 e. The lowest BCUT2D eigenvalue weighted by atomic mass is 9.91. The van der Waals surface area contributed by atoms with Gasteiger partial charge in [-0.15, -0.1) is 0 Å². The summed E-state index contributed by atoms with van der Waals surface area (Å²) in [7, 11) is 0. The smallest absolute Gasteiger partial charge is 0.248 e. The third-order valence-corrected chi connectivity index (χ3v) is 5.96. The van der Waals surface area contributed by atoms with Gasteiger partial charge in [0.2, 0.25) is 5.91 Å². The monoisotopic (exact) mass is 441 g/mol. The number of fused-ring (bicyclic) bond motifs is 1. The summed E-state index contributed by atoms with van der Waals surface area (Å²) in [5, 5.41) is 16.7.